The minimum atomic E-state index is 0.0231. The number of hydrogen-bond donors (Lipinski definition) is 6. The quantitative estimate of drug-likeness (QED) is 0.149. The molecule has 7 nitrogen and oxygen atoms in total. The zero-order valence-corrected chi connectivity index (χ0v) is 13.7. The van der Waals surface area contributed by atoms with Crippen LogP contribution in [-0.2, 0) is 0 Å². The third-order valence-corrected chi connectivity index (χ3v) is 4.26. The Morgan fingerprint density at radius 3 is 3.18 bits per heavy atom. The Morgan fingerprint density at radius 1 is 1.64 bits per heavy atom. The van der Waals surface area contributed by atoms with E-state index in [-0.39, 0.29) is 17.4 Å². The zero-order valence-electron chi connectivity index (χ0n) is 13.0. The van der Waals surface area contributed by atoms with Crippen molar-refractivity contribution >= 4 is 23.7 Å². The fraction of sp³-hybridized carbons (Fsp3) is 0.714. The molecular weight excluding hydrogens is 302 g/mol. The molecule has 3 atom stereocenters. The van der Waals surface area contributed by atoms with Gasteiger partial charge in [-0.15, -0.1) is 11.6 Å². The van der Waals surface area contributed by atoms with Crippen molar-refractivity contribution < 1.29 is 0 Å². The average Bonchev–Trinajstić information content (AvgIpc) is 2.87. The number of aliphatic imine (C=N–C) groups is 1. The molecule has 7 N–H and O–H groups in total. The van der Waals surface area contributed by atoms with Crippen molar-refractivity contribution in [1.29, 1.82) is 5.41 Å². The number of rotatable bonds is 9. The first-order valence-corrected chi connectivity index (χ1v) is 8.13. The molecule has 0 aromatic heterocycles. The van der Waals surface area contributed by atoms with Gasteiger partial charge in [-0.05, 0) is 32.0 Å². The molecule has 0 amide bonds. The Kier molecular flexibility index (Phi) is 6.63. The Labute approximate surface area is 136 Å². The van der Waals surface area contributed by atoms with Gasteiger partial charge in [0.1, 0.15) is 11.7 Å². The third kappa shape index (κ3) is 4.95. The summed E-state index contributed by atoms with van der Waals surface area (Å²) in [5, 5.41) is 20.4. The first-order chi connectivity index (χ1) is 10.6. The molecule has 0 aliphatic carbocycles. The summed E-state index contributed by atoms with van der Waals surface area (Å²) in [4.78, 5) is 4.38. The fourth-order valence-electron chi connectivity index (χ4n) is 2.80. The number of amidine groups is 1. The Hall–Kier alpha value is -1.15. The van der Waals surface area contributed by atoms with Crippen molar-refractivity contribution in [3.8, 4) is 0 Å². The number of likely N-dealkylation sites (N-methyl/N-ethyl adjacent to an activating group) is 1. The number of hydrogen-bond acceptors (Lipinski definition) is 6. The summed E-state index contributed by atoms with van der Waals surface area (Å²) >= 11 is 6.17. The van der Waals surface area contributed by atoms with E-state index in [4.69, 9.17) is 22.7 Å². The van der Waals surface area contributed by atoms with Crippen molar-refractivity contribution in [2.75, 3.05) is 33.2 Å². The molecule has 2 heterocycles. The zero-order chi connectivity index (χ0) is 15.9. The summed E-state index contributed by atoms with van der Waals surface area (Å²) < 4.78 is 0. The highest BCUT2D eigenvalue weighted by atomic mass is 35.5. The van der Waals surface area contributed by atoms with Crippen LogP contribution in [0.15, 0.2) is 16.4 Å². The summed E-state index contributed by atoms with van der Waals surface area (Å²) in [7, 11) is 1.92. The maximum atomic E-state index is 7.19. The third-order valence-electron chi connectivity index (χ3n) is 3.99. The van der Waals surface area contributed by atoms with Crippen molar-refractivity contribution in [1.82, 2.24) is 21.3 Å². The molecule has 8 heteroatoms. The van der Waals surface area contributed by atoms with Gasteiger partial charge in [0.2, 0.25) is 0 Å². The first-order valence-electron chi connectivity index (χ1n) is 7.69. The van der Waals surface area contributed by atoms with E-state index in [9.17, 15) is 0 Å². The van der Waals surface area contributed by atoms with Gasteiger partial charge >= 0.3 is 0 Å². The van der Waals surface area contributed by atoms with Crippen LogP contribution in [0, 0.1) is 11.3 Å². The van der Waals surface area contributed by atoms with Crippen molar-refractivity contribution in [3.05, 3.63) is 11.4 Å². The van der Waals surface area contributed by atoms with Gasteiger partial charge in [0.05, 0.1) is 18.1 Å². The van der Waals surface area contributed by atoms with Crippen molar-refractivity contribution in [2.24, 2.45) is 16.6 Å². The predicted octanol–water partition coefficient (Wildman–Crippen LogP) is -0.450. The van der Waals surface area contributed by atoms with Gasteiger partial charge in [0.25, 0.3) is 0 Å². The number of nitrogens with one attached hydrogen (secondary N) is 5. The molecule has 22 heavy (non-hydrogen) atoms. The summed E-state index contributed by atoms with van der Waals surface area (Å²) in [5.74, 6) is 1.68. The topological polar surface area (TPSA) is 110 Å². The van der Waals surface area contributed by atoms with E-state index >= 15 is 0 Å². The van der Waals surface area contributed by atoms with Gasteiger partial charge in [-0.2, -0.15) is 0 Å². The van der Waals surface area contributed by atoms with Crippen molar-refractivity contribution in [3.63, 3.8) is 0 Å². The molecule has 0 bridgehead atoms. The predicted molar refractivity (Wildman–Crippen MR) is 91.5 cm³/mol. The molecule has 0 radical (unpaired) electrons. The molecule has 0 saturated carbocycles. The minimum Gasteiger partial charge on any atom is -0.387 e. The number of nitrogens with zero attached hydrogens (tertiary/aromatic N) is 1. The van der Waals surface area contributed by atoms with Gasteiger partial charge in [-0.1, -0.05) is 0 Å². The van der Waals surface area contributed by atoms with E-state index in [0.717, 1.165) is 38.3 Å². The van der Waals surface area contributed by atoms with Crippen LogP contribution in [-0.4, -0.2) is 56.8 Å². The van der Waals surface area contributed by atoms with Crippen LogP contribution in [0.2, 0.25) is 0 Å². The normalized spacial score (nSPS) is 25.0. The lowest BCUT2D eigenvalue weighted by Gasteiger charge is -2.21. The summed E-state index contributed by atoms with van der Waals surface area (Å²) in [6.07, 6.45) is 3.92. The molecule has 0 aromatic rings. The second-order valence-electron chi connectivity index (χ2n) is 5.69. The second-order valence-corrected chi connectivity index (χ2v) is 6.25. The van der Waals surface area contributed by atoms with Crippen LogP contribution < -0.4 is 27.0 Å². The molecule has 0 spiro atoms. The Bertz CT molecular complexity index is 448. The standard InChI is InChI=1S/C14H26ClN7/c1-18-13(8-19-7-12(16)17)20-3-2-9-5-21-14-11(9)4-10(15)6-22-14/h6,9-10,13,18-21H,2-5,7-8H2,1H3,(H3,16,17). The van der Waals surface area contributed by atoms with Gasteiger partial charge in [0, 0.05) is 25.2 Å². The van der Waals surface area contributed by atoms with Crippen LogP contribution in [0.5, 0.6) is 0 Å². The SMILES string of the molecule is CNC(CNCC(=N)N)NCCC1CNC2=C1CC(Cl)C=N2. The van der Waals surface area contributed by atoms with E-state index in [1.165, 1.54) is 5.57 Å². The largest absolute Gasteiger partial charge is 0.387 e. The highest BCUT2D eigenvalue weighted by Crippen LogP contribution is 2.31. The van der Waals surface area contributed by atoms with E-state index in [2.05, 4.69) is 26.3 Å². The van der Waals surface area contributed by atoms with E-state index in [1.807, 2.05) is 13.3 Å². The van der Waals surface area contributed by atoms with Crippen molar-refractivity contribution in [2.45, 2.75) is 24.4 Å². The highest BCUT2D eigenvalue weighted by molar-refractivity contribution is 6.28. The maximum Gasteiger partial charge on any atom is 0.125 e. The summed E-state index contributed by atoms with van der Waals surface area (Å²) in [6.45, 7) is 2.99. The van der Waals surface area contributed by atoms with Crippen LogP contribution in [0.1, 0.15) is 12.8 Å². The molecule has 0 fully saturated rings. The van der Waals surface area contributed by atoms with Crippen LogP contribution in [0.4, 0.5) is 0 Å². The van der Waals surface area contributed by atoms with Crippen LogP contribution in [0.25, 0.3) is 0 Å². The van der Waals surface area contributed by atoms with Gasteiger partial charge in [-0.3, -0.25) is 5.41 Å². The molecule has 3 unspecified atom stereocenters. The Morgan fingerprint density at radius 2 is 2.45 bits per heavy atom. The highest BCUT2D eigenvalue weighted by Gasteiger charge is 2.28. The molecule has 0 aromatic carbocycles. The lowest BCUT2D eigenvalue weighted by molar-refractivity contribution is 0.413. The molecule has 2 rings (SSSR count). The average molecular weight is 328 g/mol. The number of nitrogens with two attached hydrogens (primary N) is 1. The fourth-order valence-corrected chi connectivity index (χ4v) is 3.02. The summed E-state index contributed by atoms with van der Waals surface area (Å²) in [6, 6.07) is 0. The monoisotopic (exact) mass is 327 g/mol. The first kappa shape index (κ1) is 17.2. The molecule has 0 saturated heterocycles. The van der Waals surface area contributed by atoms with Gasteiger partial charge in [-0.25, -0.2) is 4.99 Å². The van der Waals surface area contributed by atoms with E-state index in [1.54, 1.807) is 0 Å². The Balaban J connectivity index is 1.70. The second kappa shape index (κ2) is 8.47. The maximum absolute atomic E-state index is 7.19. The van der Waals surface area contributed by atoms with Gasteiger partial charge in [0.15, 0.2) is 0 Å². The number of halogens is 1. The number of alkyl halides is 1. The van der Waals surface area contributed by atoms with Crippen LogP contribution >= 0.6 is 11.6 Å². The van der Waals surface area contributed by atoms with Crippen LogP contribution in [0.3, 0.4) is 0 Å². The molecule has 124 valence electrons. The molecule has 2 aliphatic rings. The summed E-state index contributed by atoms with van der Waals surface area (Å²) in [5.41, 5.74) is 6.68. The molecule has 2 aliphatic heterocycles. The smallest absolute Gasteiger partial charge is 0.125 e. The van der Waals surface area contributed by atoms with E-state index in [0.29, 0.717) is 12.5 Å². The molecular formula is C14H26ClN7. The van der Waals surface area contributed by atoms with Gasteiger partial charge < -0.3 is 27.0 Å². The lowest BCUT2D eigenvalue weighted by Crippen LogP contribution is -2.49. The van der Waals surface area contributed by atoms with E-state index < -0.39 is 0 Å². The minimum absolute atomic E-state index is 0.0231. The lowest BCUT2D eigenvalue weighted by atomic mass is 9.93.